The van der Waals surface area contributed by atoms with Crippen molar-refractivity contribution in [1.82, 2.24) is 0 Å². The molecule has 3 aromatic carbocycles. The van der Waals surface area contributed by atoms with Crippen molar-refractivity contribution in [2.24, 2.45) is 0 Å². The predicted octanol–water partition coefficient (Wildman–Crippen LogP) is 7.79. The fraction of sp³-hybridized carbons (Fsp3) is 0.357. The lowest BCUT2D eigenvalue weighted by molar-refractivity contribution is -0.0850. The summed E-state index contributed by atoms with van der Waals surface area (Å²) in [5.41, 5.74) is 1.11. The van der Waals surface area contributed by atoms with E-state index in [4.69, 9.17) is 9.47 Å². The lowest BCUT2D eigenvalue weighted by Crippen LogP contribution is -2.28. The van der Waals surface area contributed by atoms with Gasteiger partial charge in [0.15, 0.2) is 23.3 Å². The highest BCUT2D eigenvalue weighted by molar-refractivity contribution is 5.72. The second-order valence-corrected chi connectivity index (χ2v) is 8.54. The van der Waals surface area contributed by atoms with Gasteiger partial charge in [-0.15, -0.1) is 0 Å². The zero-order chi connectivity index (χ0) is 24.2. The molecule has 0 aliphatic carbocycles. The largest absolute Gasteiger partial charge is 0.376 e. The van der Waals surface area contributed by atoms with Gasteiger partial charge in [0.2, 0.25) is 0 Å². The van der Waals surface area contributed by atoms with Crippen LogP contribution in [0.15, 0.2) is 48.5 Å². The number of rotatable bonds is 7. The Bertz CT molecular complexity index is 1140. The standard InChI is InChI=1S/C28H28F4O2/c1-3-5-17-6-8-18(9-7-17)20-11-12-21(26(30)25(20)29)22-13-14-23(28(32)27(22)31)24-15-10-19(16-34-24)33-4-2/h6-9,11-14,19,24H,3-5,10,15-16H2,1-2H3. The van der Waals surface area contributed by atoms with Gasteiger partial charge in [0.1, 0.15) is 0 Å². The summed E-state index contributed by atoms with van der Waals surface area (Å²) in [6, 6.07) is 12.6. The van der Waals surface area contributed by atoms with E-state index in [9.17, 15) is 8.78 Å². The van der Waals surface area contributed by atoms with Crippen molar-refractivity contribution in [2.45, 2.75) is 51.7 Å². The van der Waals surface area contributed by atoms with E-state index >= 15 is 8.78 Å². The van der Waals surface area contributed by atoms with E-state index in [1.807, 2.05) is 19.1 Å². The minimum atomic E-state index is -1.22. The van der Waals surface area contributed by atoms with Gasteiger partial charge in [-0.1, -0.05) is 61.9 Å². The summed E-state index contributed by atoms with van der Waals surface area (Å²) in [5, 5.41) is 0. The zero-order valence-electron chi connectivity index (χ0n) is 19.3. The van der Waals surface area contributed by atoms with E-state index in [0.717, 1.165) is 18.4 Å². The van der Waals surface area contributed by atoms with Gasteiger partial charge in [-0.05, 0) is 37.3 Å². The number of halogens is 4. The summed E-state index contributed by atoms with van der Waals surface area (Å²) >= 11 is 0. The Balaban J connectivity index is 1.61. The molecule has 180 valence electrons. The molecule has 2 unspecified atom stereocenters. The van der Waals surface area contributed by atoms with Gasteiger partial charge in [0, 0.05) is 28.9 Å². The van der Waals surface area contributed by atoms with Crippen LogP contribution in [0.3, 0.4) is 0 Å². The molecule has 0 aromatic heterocycles. The third kappa shape index (κ3) is 4.89. The van der Waals surface area contributed by atoms with Crippen molar-refractivity contribution in [3.63, 3.8) is 0 Å². The van der Waals surface area contributed by atoms with Crippen LogP contribution in [0.1, 0.15) is 50.3 Å². The first-order valence-electron chi connectivity index (χ1n) is 11.7. The van der Waals surface area contributed by atoms with Gasteiger partial charge < -0.3 is 9.47 Å². The van der Waals surface area contributed by atoms with Crippen LogP contribution in [-0.2, 0) is 15.9 Å². The minimum absolute atomic E-state index is 0.0631. The molecule has 0 saturated carbocycles. The van der Waals surface area contributed by atoms with Gasteiger partial charge in [0.25, 0.3) is 0 Å². The number of hydrogen-bond acceptors (Lipinski definition) is 2. The number of benzene rings is 3. The van der Waals surface area contributed by atoms with Gasteiger partial charge >= 0.3 is 0 Å². The molecule has 2 nitrogen and oxygen atoms in total. The van der Waals surface area contributed by atoms with Crippen LogP contribution in [-0.4, -0.2) is 19.3 Å². The second-order valence-electron chi connectivity index (χ2n) is 8.54. The quantitative estimate of drug-likeness (QED) is 0.327. The van der Waals surface area contributed by atoms with Crippen LogP contribution < -0.4 is 0 Å². The van der Waals surface area contributed by atoms with Crippen LogP contribution in [0.5, 0.6) is 0 Å². The number of hydrogen-bond donors (Lipinski definition) is 0. The summed E-state index contributed by atoms with van der Waals surface area (Å²) in [6.45, 7) is 4.80. The normalized spacial score (nSPS) is 18.3. The van der Waals surface area contributed by atoms with Crippen molar-refractivity contribution in [3.05, 3.63) is 82.9 Å². The molecule has 0 amide bonds. The molecule has 0 bridgehead atoms. The molecule has 6 heteroatoms. The monoisotopic (exact) mass is 472 g/mol. The average Bonchev–Trinajstić information content (AvgIpc) is 2.85. The van der Waals surface area contributed by atoms with Gasteiger partial charge in [-0.25, -0.2) is 17.6 Å². The van der Waals surface area contributed by atoms with Gasteiger partial charge in [-0.2, -0.15) is 0 Å². The van der Waals surface area contributed by atoms with Crippen LogP contribution in [0, 0.1) is 23.3 Å². The highest BCUT2D eigenvalue weighted by Gasteiger charge is 2.28. The summed E-state index contributed by atoms with van der Waals surface area (Å²) < 4.78 is 71.1. The fourth-order valence-electron chi connectivity index (χ4n) is 4.48. The highest BCUT2D eigenvalue weighted by Crippen LogP contribution is 2.37. The Morgan fingerprint density at radius 3 is 2.00 bits per heavy atom. The number of ether oxygens (including phenoxy) is 2. The fourth-order valence-corrected chi connectivity index (χ4v) is 4.48. The molecular weight excluding hydrogens is 444 g/mol. The van der Waals surface area contributed by atoms with Crippen molar-refractivity contribution in [2.75, 3.05) is 13.2 Å². The molecule has 3 aromatic rings. The van der Waals surface area contributed by atoms with Crippen LogP contribution in [0.4, 0.5) is 17.6 Å². The lowest BCUT2D eigenvalue weighted by Gasteiger charge is -2.29. The molecule has 1 saturated heterocycles. The third-order valence-electron chi connectivity index (χ3n) is 6.27. The topological polar surface area (TPSA) is 18.5 Å². The number of aryl methyl sites for hydroxylation is 1. The van der Waals surface area contributed by atoms with E-state index < -0.39 is 29.4 Å². The Kier molecular flexibility index (Phi) is 7.69. The molecule has 1 aliphatic heterocycles. The third-order valence-corrected chi connectivity index (χ3v) is 6.27. The minimum Gasteiger partial charge on any atom is -0.376 e. The van der Waals surface area contributed by atoms with E-state index in [1.54, 1.807) is 12.1 Å². The molecule has 1 heterocycles. The van der Waals surface area contributed by atoms with Crippen LogP contribution in [0.2, 0.25) is 0 Å². The molecule has 1 aliphatic rings. The highest BCUT2D eigenvalue weighted by atomic mass is 19.2. The van der Waals surface area contributed by atoms with Crippen LogP contribution >= 0.6 is 0 Å². The van der Waals surface area contributed by atoms with E-state index in [2.05, 4.69) is 6.92 Å². The van der Waals surface area contributed by atoms with Crippen molar-refractivity contribution >= 4 is 0 Å². The smallest absolute Gasteiger partial charge is 0.167 e. The molecular formula is C28H28F4O2. The van der Waals surface area contributed by atoms with Crippen molar-refractivity contribution in [3.8, 4) is 22.3 Å². The van der Waals surface area contributed by atoms with E-state index in [1.165, 1.54) is 24.3 Å². The summed E-state index contributed by atoms with van der Waals surface area (Å²) in [5.74, 6) is -4.63. The zero-order valence-corrected chi connectivity index (χ0v) is 19.3. The first kappa shape index (κ1) is 24.4. The first-order chi connectivity index (χ1) is 16.4. The molecule has 2 atom stereocenters. The van der Waals surface area contributed by atoms with E-state index in [0.29, 0.717) is 31.6 Å². The maximum atomic E-state index is 15.0. The van der Waals surface area contributed by atoms with Crippen molar-refractivity contribution < 1.29 is 27.0 Å². The van der Waals surface area contributed by atoms with Crippen LogP contribution in [0.25, 0.3) is 22.3 Å². The molecule has 34 heavy (non-hydrogen) atoms. The summed E-state index contributed by atoms with van der Waals surface area (Å²) in [4.78, 5) is 0. The SMILES string of the molecule is CCCc1ccc(-c2ccc(-c3ccc(C4CCC(OCC)CO4)c(F)c3F)c(F)c2F)cc1. The Morgan fingerprint density at radius 2 is 1.38 bits per heavy atom. The Hall–Kier alpha value is -2.70. The van der Waals surface area contributed by atoms with Gasteiger partial charge in [-0.3, -0.25) is 0 Å². The van der Waals surface area contributed by atoms with Gasteiger partial charge in [0.05, 0.1) is 18.8 Å². The lowest BCUT2D eigenvalue weighted by atomic mass is 9.94. The molecule has 0 N–H and O–H groups in total. The van der Waals surface area contributed by atoms with Crippen molar-refractivity contribution in [1.29, 1.82) is 0 Å². The predicted molar refractivity (Wildman–Crippen MR) is 124 cm³/mol. The summed E-state index contributed by atoms with van der Waals surface area (Å²) in [6.07, 6.45) is 2.36. The Morgan fingerprint density at radius 1 is 0.765 bits per heavy atom. The second kappa shape index (κ2) is 10.7. The Labute approximate surface area is 197 Å². The average molecular weight is 473 g/mol. The first-order valence-corrected chi connectivity index (χ1v) is 11.7. The summed E-state index contributed by atoms with van der Waals surface area (Å²) in [7, 11) is 0. The van der Waals surface area contributed by atoms with E-state index in [-0.39, 0.29) is 28.4 Å². The molecule has 1 fully saturated rings. The molecule has 0 spiro atoms. The maximum Gasteiger partial charge on any atom is 0.167 e. The molecule has 0 radical (unpaired) electrons. The molecule has 4 rings (SSSR count). The maximum absolute atomic E-state index is 15.0.